The fourth-order valence-corrected chi connectivity index (χ4v) is 2.96. The van der Waals surface area contributed by atoms with Crippen molar-refractivity contribution < 1.29 is 30.0 Å². The van der Waals surface area contributed by atoms with Crippen LogP contribution in [0.1, 0.15) is 20.7 Å². The first-order valence-corrected chi connectivity index (χ1v) is 8.27. The Kier molecular flexibility index (Phi) is 5.13. The molecule has 4 aromatic carbocycles. The van der Waals surface area contributed by atoms with E-state index >= 15 is 0 Å². The van der Waals surface area contributed by atoms with E-state index < -0.39 is 11.9 Å². The van der Waals surface area contributed by atoms with Gasteiger partial charge in [0.05, 0.1) is 5.56 Å². The van der Waals surface area contributed by atoms with Gasteiger partial charge in [0, 0.05) is 0 Å². The Morgan fingerprint density at radius 3 is 1.89 bits per heavy atom. The van der Waals surface area contributed by atoms with Crippen LogP contribution in [0.3, 0.4) is 0 Å². The van der Waals surface area contributed by atoms with Crippen LogP contribution < -0.4 is 0 Å². The summed E-state index contributed by atoms with van der Waals surface area (Å²) in [6.45, 7) is 0. The van der Waals surface area contributed by atoms with Crippen molar-refractivity contribution in [1.29, 1.82) is 0 Å². The molecule has 140 valence electrons. The zero-order valence-electron chi connectivity index (χ0n) is 14.5. The first-order chi connectivity index (χ1) is 13.4. The summed E-state index contributed by atoms with van der Waals surface area (Å²) in [5.74, 6) is -2.37. The molecule has 0 atom stereocenters. The Morgan fingerprint density at radius 1 is 0.643 bits per heavy atom. The molecule has 0 saturated heterocycles. The van der Waals surface area contributed by atoms with Gasteiger partial charge in [-0.05, 0) is 39.7 Å². The Hall–Kier alpha value is -4.06. The number of carbonyl (C=O) groups is 2. The van der Waals surface area contributed by atoms with Crippen molar-refractivity contribution in [3.05, 3.63) is 83.9 Å². The number of fused-ring (bicyclic) bond motifs is 2. The van der Waals surface area contributed by atoms with Gasteiger partial charge in [0.15, 0.2) is 0 Å². The van der Waals surface area contributed by atoms with Crippen molar-refractivity contribution >= 4 is 33.5 Å². The van der Waals surface area contributed by atoms with Crippen molar-refractivity contribution in [1.82, 2.24) is 0 Å². The summed E-state index contributed by atoms with van der Waals surface area (Å²) in [6, 6.07) is 20.0. The lowest BCUT2D eigenvalue weighted by atomic mass is 10.0. The van der Waals surface area contributed by atoms with E-state index in [1.807, 2.05) is 6.07 Å². The summed E-state index contributed by atoms with van der Waals surface area (Å²) < 4.78 is 0. The highest BCUT2D eigenvalue weighted by molar-refractivity contribution is 6.06. The second-order valence-electron chi connectivity index (χ2n) is 6.01. The SMILES string of the molecule is O=C(O)c1c(O)ccc2ccccc12.O=C(O)c1cc(O)cc2ccccc12. The highest BCUT2D eigenvalue weighted by Gasteiger charge is 2.13. The van der Waals surface area contributed by atoms with Crippen LogP contribution in [0.2, 0.25) is 0 Å². The fourth-order valence-electron chi connectivity index (χ4n) is 2.96. The highest BCUT2D eigenvalue weighted by atomic mass is 16.4. The topological polar surface area (TPSA) is 115 Å². The Bertz CT molecular complexity index is 1200. The molecule has 0 aliphatic rings. The van der Waals surface area contributed by atoms with E-state index in [1.54, 1.807) is 54.6 Å². The van der Waals surface area contributed by atoms with Crippen LogP contribution in [-0.2, 0) is 0 Å². The summed E-state index contributed by atoms with van der Waals surface area (Å²) in [6.07, 6.45) is 0. The monoisotopic (exact) mass is 376 g/mol. The summed E-state index contributed by atoms with van der Waals surface area (Å²) in [7, 11) is 0. The van der Waals surface area contributed by atoms with Crippen LogP contribution in [0.15, 0.2) is 72.8 Å². The van der Waals surface area contributed by atoms with Crippen LogP contribution in [0.25, 0.3) is 21.5 Å². The molecule has 0 bridgehead atoms. The van der Waals surface area contributed by atoms with Crippen LogP contribution in [0, 0.1) is 0 Å². The number of carboxylic acid groups (broad SMARTS) is 2. The third kappa shape index (κ3) is 3.71. The number of carboxylic acids is 2. The predicted octanol–water partition coefficient (Wildman–Crippen LogP) is 4.49. The number of hydrogen-bond donors (Lipinski definition) is 4. The van der Waals surface area contributed by atoms with E-state index in [1.165, 1.54) is 12.1 Å². The largest absolute Gasteiger partial charge is 0.508 e. The minimum atomic E-state index is -1.11. The van der Waals surface area contributed by atoms with Crippen molar-refractivity contribution in [2.75, 3.05) is 0 Å². The van der Waals surface area contributed by atoms with Crippen LogP contribution in [-0.4, -0.2) is 32.4 Å². The lowest BCUT2D eigenvalue weighted by Crippen LogP contribution is -1.97. The normalized spacial score (nSPS) is 10.3. The van der Waals surface area contributed by atoms with Crippen molar-refractivity contribution in [2.45, 2.75) is 0 Å². The number of rotatable bonds is 2. The van der Waals surface area contributed by atoms with Gasteiger partial charge in [-0.15, -0.1) is 0 Å². The van der Waals surface area contributed by atoms with Gasteiger partial charge in [-0.25, -0.2) is 9.59 Å². The zero-order valence-corrected chi connectivity index (χ0v) is 14.5. The molecule has 0 unspecified atom stereocenters. The highest BCUT2D eigenvalue weighted by Crippen LogP contribution is 2.27. The first kappa shape index (κ1) is 18.7. The summed E-state index contributed by atoms with van der Waals surface area (Å²) in [4.78, 5) is 21.7. The van der Waals surface area contributed by atoms with Crippen molar-refractivity contribution in [2.24, 2.45) is 0 Å². The van der Waals surface area contributed by atoms with Gasteiger partial charge < -0.3 is 20.4 Å². The molecule has 0 amide bonds. The maximum Gasteiger partial charge on any atom is 0.340 e. The molecule has 4 N–H and O–H groups in total. The first-order valence-electron chi connectivity index (χ1n) is 8.27. The molecule has 0 spiro atoms. The lowest BCUT2D eigenvalue weighted by Gasteiger charge is -2.03. The summed E-state index contributed by atoms with van der Waals surface area (Å²) >= 11 is 0. The zero-order chi connectivity index (χ0) is 20.3. The summed E-state index contributed by atoms with van der Waals surface area (Å²) in [5, 5.41) is 39.2. The van der Waals surface area contributed by atoms with E-state index in [-0.39, 0.29) is 22.6 Å². The number of aromatic hydroxyl groups is 2. The Morgan fingerprint density at radius 2 is 1.25 bits per heavy atom. The third-order valence-electron chi connectivity index (χ3n) is 4.20. The van der Waals surface area contributed by atoms with Gasteiger partial charge in [-0.3, -0.25) is 0 Å². The molecular weight excluding hydrogens is 360 g/mol. The molecule has 0 fully saturated rings. The van der Waals surface area contributed by atoms with E-state index in [9.17, 15) is 19.8 Å². The van der Waals surface area contributed by atoms with Crippen LogP contribution >= 0.6 is 0 Å². The van der Waals surface area contributed by atoms with Crippen molar-refractivity contribution in [3.8, 4) is 11.5 Å². The smallest absolute Gasteiger partial charge is 0.340 e. The minimum absolute atomic E-state index is 0.0268. The molecule has 0 aliphatic heterocycles. The molecule has 0 aliphatic carbocycles. The second kappa shape index (κ2) is 7.67. The molecular formula is C22H16O6. The molecule has 6 heteroatoms. The standard InChI is InChI=1S/2C11H8O3/c12-8-5-7-3-1-2-4-9(7)10(6-8)11(13)14;12-9-6-5-7-3-1-2-4-8(7)10(9)11(13)14/h2*1-6,12H,(H,13,14). The number of benzene rings is 4. The molecule has 0 saturated carbocycles. The van der Waals surface area contributed by atoms with E-state index in [4.69, 9.17) is 10.2 Å². The average molecular weight is 376 g/mol. The predicted molar refractivity (Wildman–Crippen MR) is 105 cm³/mol. The summed E-state index contributed by atoms with van der Waals surface area (Å²) in [5.41, 5.74) is 0.0868. The Balaban J connectivity index is 0.000000161. The number of phenolic OH excluding ortho intramolecular Hbond substituents is 1. The number of phenols is 2. The van der Waals surface area contributed by atoms with E-state index in [0.29, 0.717) is 10.8 Å². The van der Waals surface area contributed by atoms with Gasteiger partial charge in [0.1, 0.15) is 17.1 Å². The van der Waals surface area contributed by atoms with E-state index in [2.05, 4.69) is 0 Å². The molecule has 0 heterocycles. The van der Waals surface area contributed by atoms with Gasteiger partial charge in [0.2, 0.25) is 0 Å². The minimum Gasteiger partial charge on any atom is -0.508 e. The second-order valence-corrected chi connectivity index (χ2v) is 6.01. The van der Waals surface area contributed by atoms with Gasteiger partial charge in [0.25, 0.3) is 0 Å². The van der Waals surface area contributed by atoms with Gasteiger partial charge >= 0.3 is 11.9 Å². The van der Waals surface area contributed by atoms with E-state index in [0.717, 1.165) is 10.8 Å². The van der Waals surface area contributed by atoms with Gasteiger partial charge in [-0.2, -0.15) is 0 Å². The number of aromatic carboxylic acids is 2. The lowest BCUT2D eigenvalue weighted by molar-refractivity contribution is 0.0686. The maximum absolute atomic E-state index is 10.9. The maximum atomic E-state index is 10.9. The van der Waals surface area contributed by atoms with Crippen LogP contribution in [0.4, 0.5) is 0 Å². The molecule has 0 aromatic heterocycles. The quantitative estimate of drug-likeness (QED) is 0.410. The Labute approximate surface area is 159 Å². The van der Waals surface area contributed by atoms with Gasteiger partial charge in [-0.1, -0.05) is 54.6 Å². The average Bonchev–Trinajstić information content (AvgIpc) is 2.67. The fraction of sp³-hybridized carbons (Fsp3) is 0. The number of hydrogen-bond acceptors (Lipinski definition) is 4. The van der Waals surface area contributed by atoms with Crippen molar-refractivity contribution in [3.63, 3.8) is 0 Å². The molecule has 0 radical (unpaired) electrons. The third-order valence-corrected chi connectivity index (χ3v) is 4.20. The molecule has 6 nitrogen and oxygen atoms in total. The van der Waals surface area contributed by atoms with Crippen LogP contribution in [0.5, 0.6) is 11.5 Å². The molecule has 4 aromatic rings. The molecule has 4 rings (SSSR count). The molecule has 28 heavy (non-hydrogen) atoms.